The summed E-state index contributed by atoms with van der Waals surface area (Å²) in [6, 6.07) is 13.8. The summed E-state index contributed by atoms with van der Waals surface area (Å²) in [5, 5.41) is 3.99. The van der Waals surface area contributed by atoms with E-state index in [1.54, 1.807) is 37.4 Å². The first-order chi connectivity index (χ1) is 14.9. The lowest BCUT2D eigenvalue weighted by Crippen LogP contribution is -2.46. The third-order valence-corrected chi connectivity index (χ3v) is 7.35. The van der Waals surface area contributed by atoms with E-state index < -0.39 is 15.9 Å². The Hall–Kier alpha value is -2.71. The van der Waals surface area contributed by atoms with E-state index in [2.05, 4.69) is 10.5 Å². The third kappa shape index (κ3) is 5.92. The van der Waals surface area contributed by atoms with Gasteiger partial charge in [0.25, 0.3) is 5.91 Å². The van der Waals surface area contributed by atoms with Crippen molar-refractivity contribution in [2.24, 2.45) is 5.10 Å². The molecule has 2 aromatic rings. The van der Waals surface area contributed by atoms with Gasteiger partial charge in [-0.1, -0.05) is 49.1 Å². The number of hydrazone groups is 1. The van der Waals surface area contributed by atoms with E-state index in [4.69, 9.17) is 4.74 Å². The summed E-state index contributed by atoms with van der Waals surface area (Å²) < 4.78 is 33.3. The number of carbonyl (C=O) groups excluding carboxylic acids is 1. The fourth-order valence-corrected chi connectivity index (χ4v) is 5.39. The Balaban J connectivity index is 1.76. The Bertz CT molecular complexity index is 1010. The van der Waals surface area contributed by atoms with Crippen molar-refractivity contribution < 1.29 is 17.9 Å². The molecule has 0 aromatic heterocycles. The van der Waals surface area contributed by atoms with Gasteiger partial charge in [0.1, 0.15) is 5.75 Å². The van der Waals surface area contributed by atoms with E-state index in [-0.39, 0.29) is 17.5 Å². The summed E-state index contributed by atoms with van der Waals surface area (Å²) in [7, 11) is -2.24. The van der Waals surface area contributed by atoms with Crippen molar-refractivity contribution in [3.8, 4) is 5.75 Å². The molecule has 2 aromatic carbocycles. The van der Waals surface area contributed by atoms with E-state index in [1.165, 1.54) is 10.5 Å². The van der Waals surface area contributed by atoms with Crippen LogP contribution in [0.5, 0.6) is 5.75 Å². The number of nitrogens with one attached hydrogen (secondary N) is 1. The molecule has 1 aliphatic carbocycles. The van der Waals surface area contributed by atoms with Gasteiger partial charge in [0.15, 0.2) is 0 Å². The molecule has 7 nitrogen and oxygen atoms in total. The Morgan fingerprint density at radius 2 is 1.81 bits per heavy atom. The standard InChI is InChI=1S/C23H29N3O4S/c1-18-12-14-21(15-13-18)31(28,29)26(20-9-4-3-5-10-20)17-23(27)25-24-16-19-8-6-7-11-22(19)30-2/h6-8,11-16,20H,3-5,9-10,17H2,1-2H3,(H,25,27). The molecule has 31 heavy (non-hydrogen) atoms. The summed E-state index contributed by atoms with van der Waals surface area (Å²) in [6.45, 7) is 1.63. The van der Waals surface area contributed by atoms with Crippen LogP contribution in [0.1, 0.15) is 43.2 Å². The van der Waals surface area contributed by atoms with Crippen molar-refractivity contribution in [3.63, 3.8) is 0 Å². The third-order valence-electron chi connectivity index (χ3n) is 5.44. The maximum absolute atomic E-state index is 13.3. The summed E-state index contributed by atoms with van der Waals surface area (Å²) in [5.41, 5.74) is 4.14. The summed E-state index contributed by atoms with van der Waals surface area (Å²) in [5.74, 6) is 0.152. The minimum atomic E-state index is -3.80. The van der Waals surface area contributed by atoms with Gasteiger partial charge in [-0.2, -0.15) is 9.41 Å². The Morgan fingerprint density at radius 1 is 1.13 bits per heavy atom. The molecule has 0 aliphatic heterocycles. The predicted molar refractivity (Wildman–Crippen MR) is 121 cm³/mol. The second-order valence-electron chi connectivity index (χ2n) is 7.69. The molecule has 0 atom stereocenters. The predicted octanol–water partition coefficient (Wildman–Crippen LogP) is 3.48. The molecule has 0 saturated heterocycles. The summed E-state index contributed by atoms with van der Waals surface area (Å²) in [4.78, 5) is 12.8. The number of carbonyl (C=O) groups is 1. The van der Waals surface area contributed by atoms with Crippen molar-refractivity contribution in [2.45, 2.75) is 50.0 Å². The zero-order valence-electron chi connectivity index (χ0n) is 18.0. The highest BCUT2D eigenvalue weighted by Crippen LogP contribution is 2.27. The molecule has 1 amide bonds. The quantitative estimate of drug-likeness (QED) is 0.500. The molecule has 3 rings (SSSR count). The van der Waals surface area contributed by atoms with Crippen molar-refractivity contribution in [1.82, 2.24) is 9.73 Å². The minimum absolute atomic E-state index is 0.191. The van der Waals surface area contributed by atoms with Crippen molar-refractivity contribution in [2.75, 3.05) is 13.7 Å². The number of para-hydroxylation sites is 1. The molecular weight excluding hydrogens is 414 g/mol. The maximum Gasteiger partial charge on any atom is 0.255 e. The van der Waals surface area contributed by atoms with Gasteiger partial charge >= 0.3 is 0 Å². The van der Waals surface area contributed by atoms with Gasteiger partial charge in [0.05, 0.1) is 24.8 Å². The lowest BCUT2D eigenvalue weighted by atomic mass is 9.95. The number of rotatable bonds is 8. The van der Waals surface area contributed by atoms with Crippen LogP contribution in [0.3, 0.4) is 0 Å². The largest absolute Gasteiger partial charge is 0.496 e. The first-order valence-corrected chi connectivity index (χ1v) is 11.9. The average Bonchev–Trinajstić information content (AvgIpc) is 2.78. The van der Waals surface area contributed by atoms with Crippen LogP contribution < -0.4 is 10.2 Å². The Morgan fingerprint density at radius 3 is 2.48 bits per heavy atom. The number of sulfonamides is 1. The second kappa shape index (κ2) is 10.5. The molecule has 0 spiro atoms. The molecule has 0 radical (unpaired) electrons. The molecule has 1 saturated carbocycles. The average molecular weight is 444 g/mol. The molecule has 0 heterocycles. The SMILES string of the molecule is COc1ccccc1C=NNC(=O)CN(C1CCCCC1)S(=O)(=O)c1ccc(C)cc1. The van der Waals surface area contributed by atoms with Gasteiger partial charge in [0, 0.05) is 11.6 Å². The van der Waals surface area contributed by atoms with E-state index in [0.29, 0.717) is 11.3 Å². The number of methoxy groups -OCH3 is 1. The number of amides is 1. The molecule has 8 heteroatoms. The number of aryl methyl sites for hydroxylation is 1. The second-order valence-corrected chi connectivity index (χ2v) is 9.58. The number of nitrogens with zero attached hydrogens (tertiary/aromatic N) is 2. The molecule has 1 fully saturated rings. The van der Waals surface area contributed by atoms with Gasteiger partial charge in [-0.05, 0) is 44.0 Å². The van der Waals surface area contributed by atoms with Crippen LogP contribution in [-0.4, -0.2) is 44.5 Å². The molecule has 166 valence electrons. The van der Waals surface area contributed by atoms with Crippen LogP contribution in [0.15, 0.2) is 58.5 Å². The van der Waals surface area contributed by atoms with Crippen LogP contribution in [0.2, 0.25) is 0 Å². The fraction of sp³-hybridized carbons (Fsp3) is 0.391. The monoisotopic (exact) mass is 443 g/mol. The molecular formula is C23H29N3O4S. The van der Waals surface area contributed by atoms with Gasteiger partial charge in [-0.3, -0.25) is 4.79 Å². The Kier molecular flexibility index (Phi) is 7.81. The zero-order valence-corrected chi connectivity index (χ0v) is 18.8. The van der Waals surface area contributed by atoms with Crippen molar-refractivity contribution >= 4 is 22.1 Å². The zero-order chi connectivity index (χ0) is 22.3. The van der Waals surface area contributed by atoms with Crippen LogP contribution in [0, 0.1) is 6.92 Å². The molecule has 1 aliphatic rings. The smallest absolute Gasteiger partial charge is 0.255 e. The Labute approximate surface area is 184 Å². The van der Waals surface area contributed by atoms with Gasteiger partial charge in [-0.15, -0.1) is 0 Å². The number of benzene rings is 2. The first kappa shape index (κ1) is 23.0. The van der Waals surface area contributed by atoms with E-state index in [0.717, 1.165) is 37.7 Å². The van der Waals surface area contributed by atoms with Crippen molar-refractivity contribution in [3.05, 3.63) is 59.7 Å². The lowest BCUT2D eigenvalue weighted by molar-refractivity contribution is -0.121. The van der Waals surface area contributed by atoms with Crippen LogP contribution in [-0.2, 0) is 14.8 Å². The van der Waals surface area contributed by atoms with Gasteiger partial charge in [0.2, 0.25) is 10.0 Å². The lowest BCUT2D eigenvalue weighted by Gasteiger charge is -2.32. The van der Waals surface area contributed by atoms with E-state index in [9.17, 15) is 13.2 Å². The molecule has 0 bridgehead atoms. The fourth-order valence-electron chi connectivity index (χ4n) is 3.75. The summed E-state index contributed by atoms with van der Waals surface area (Å²) in [6.07, 6.45) is 5.99. The highest BCUT2D eigenvalue weighted by atomic mass is 32.2. The normalized spacial score (nSPS) is 15.3. The highest BCUT2D eigenvalue weighted by molar-refractivity contribution is 7.89. The van der Waals surface area contributed by atoms with Gasteiger partial charge in [-0.25, -0.2) is 13.8 Å². The summed E-state index contributed by atoms with van der Waals surface area (Å²) >= 11 is 0. The molecule has 1 N–H and O–H groups in total. The van der Waals surface area contributed by atoms with Gasteiger partial charge < -0.3 is 4.74 Å². The first-order valence-electron chi connectivity index (χ1n) is 10.5. The van der Waals surface area contributed by atoms with Crippen molar-refractivity contribution in [1.29, 1.82) is 0 Å². The van der Waals surface area contributed by atoms with Crippen LogP contribution in [0.25, 0.3) is 0 Å². The number of ether oxygens (including phenoxy) is 1. The van der Waals surface area contributed by atoms with Crippen LogP contribution in [0.4, 0.5) is 0 Å². The number of hydrogen-bond donors (Lipinski definition) is 1. The number of hydrogen-bond acceptors (Lipinski definition) is 5. The highest BCUT2D eigenvalue weighted by Gasteiger charge is 2.33. The van der Waals surface area contributed by atoms with E-state index in [1.807, 2.05) is 25.1 Å². The van der Waals surface area contributed by atoms with Crippen LogP contribution >= 0.6 is 0 Å². The molecule has 0 unspecified atom stereocenters. The maximum atomic E-state index is 13.3. The topological polar surface area (TPSA) is 88.1 Å². The minimum Gasteiger partial charge on any atom is -0.496 e. The van der Waals surface area contributed by atoms with E-state index >= 15 is 0 Å².